The molecule has 0 aliphatic rings. The van der Waals surface area contributed by atoms with Crippen LogP contribution in [0.5, 0.6) is 0 Å². The molecule has 3 heteroatoms. The van der Waals surface area contributed by atoms with Crippen molar-refractivity contribution in [3.63, 3.8) is 0 Å². The molecule has 0 fully saturated rings. The lowest BCUT2D eigenvalue weighted by Crippen LogP contribution is -2.09. The summed E-state index contributed by atoms with van der Waals surface area (Å²) in [5.74, 6) is -0.468. The Hall–Kier alpha value is -1.35. The third kappa shape index (κ3) is 4.03. The monoisotopic (exact) mass is 222 g/mol. The summed E-state index contributed by atoms with van der Waals surface area (Å²) in [6.45, 7) is 6.54. The Morgan fingerprint density at radius 2 is 1.75 bits per heavy atom. The van der Waals surface area contributed by atoms with Crippen molar-refractivity contribution in [2.24, 2.45) is 5.41 Å². The Morgan fingerprint density at radius 3 is 2.19 bits per heavy atom. The second kappa shape index (κ2) is 5.12. The minimum atomic E-state index is -0.468. The molecule has 88 valence electrons. The van der Waals surface area contributed by atoms with Crippen LogP contribution >= 0.6 is 0 Å². The summed E-state index contributed by atoms with van der Waals surface area (Å²) in [6.07, 6.45) is 0.979. The lowest BCUT2D eigenvalue weighted by Gasteiger charge is -2.17. The Kier molecular flexibility index (Phi) is 4.07. The molecule has 1 rings (SSSR count). The number of benzene rings is 1. The van der Waals surface area contributed by atoms with Crippen LogP contribution in [0.4, 0.5) is 0 Å². The number of hydrogen-bond donors (Lipinski definition) is 0. The van der Waals surface area contributed by atoms with Gasteiger partial charge in [0.25, 0.3) is 0 Å². The largest absolute Gasteiger partial charge is 0.373 e. The molecule has 3 nitrogen and oxygen atoms in total. The van der Waals surface area contributed by atoms with Gasteiger partial charge in [0, 0.05) is 0 Å². The second-order valence-electron chi connectivity index (χ2n) is 4.97. The summed E-state index contributed by atoms with van der Waals surface area (Å²) in [5.41, 5.74) is 1.95. The second-order valence-corrected chi connectivity index (χ2v) is 4.97. The predicted octanol–water partition coefficient (Wildman–Crippen LogP) is 2.99. The first-order chi connectivity index (χ1) is 7.42. The molecule has 0 atom stereocenters. The first-order valence-electron chi connectivity index (χ1n) is 5.26. The van der Waals surface area contributed by atoms with Crippen LogP contribution in [0, 0.1) is 5.41 Å². The van der Waals surface area contributed by atoms with Crippen LogP contribution in [-0.4, -0.2) is 13.1 Å². The SMILES string of the molecule is COOC(=O)c1ccc(CC(C)(C)C)cc1. The third-order valence-electron chi connectivity index (χ3n) is 2.08. The van der Waals surface area contributed by atoms with Gasteiger partial charge in [0.2, 0.25) is 0 Å². The fraction of sp³-hybridized carbons (Fsp3) is 0.462. The molecule has 0 saturated carbocycles. The van der Waals surface area contributed by atoms with Gasteiger partial charge in [-0.15, -0.1) is 0 Å². The zero-order chi connectivity index (χ0) is 12.2. The van der Waals surface area contributed by atoms with Crippen LogP contribution in [0.1, 0.15) is 36.7 Å². The highest BCUT2D eigenvalue weighted by molar-refractivity contribution is 5.88. The highest BCUT2D eigenvalue weighted by Crippen LogP contribution is 2.20. The summed E-state index contributed by atoms with van der Waals surface area (Å²) in [4.78, 5) is 20.0. The van der Waals surface area contributed by atoms with E-state index in [-0.39, 0.29) is 5.41 Å². The van der Waals surface area contributed by atoms with Gasteiger partial charge in [-0.1, -0.05) is 32.9 Å². The summed E-state index contributed by atoms with van der Waals surface area (Å²) in [5, 5.41) is 0. The summed E-state index contributed by atoms with van der Waals surface area (Å²) < 4.78 is 0. The molecule has 16 heavy (non-hydrogen) atoms. The minimum absolute atomic E-state index is 0.245. The van der Waals surface area contributed by atoms with Crippen molar-refractivity contribution in [2.75, 3.05) is 7.11 Å². The van der Waals surface area contributed by atoms with E-state index in [1.807, 2.05) is 12.1 Å². The van der Waals surface area contributed by atoms with Gasteiger partial charge in [-0.25, -0.2) is 4.79 Å². The molecule has 0 saturated heterocycles. The standard InChI is InChI=1S/C13H18O3/c1-13(2,3)9-10-5-7-11(8-6-10)12(14)16-15-4/h5-8H,9H2,1-4H3. The molecular weight excluding hydrogens is 204 g/mol. The van der Waals surface area contributed by atoms with Crippen molar-refractivity contribution >= 4 is 5.97 Å². The van der Waals surface area contributed by atoms with E-state index in [2.05, 4.69) is 30.5 Å². The predicted molar refractivity (Wildman–Crippen MR) is 62.0 cm³/mol. The fourth-order valence-electron chi connectivity index (χ4n) is 1.49. The highest BCUT2D eigenvalue weighted by atomic mass is 17.2. The molecule has 0 unspecified atom stereocenters. The lowest BCUT2D eigenvalue weighted by molar-refractivity contribution is -0.216. The number of carbonyl (C=O) groups is 1. The van der Waals surface area contributed by atoms with Gasteiger partial charge in [0.05, 0.1) is 12.7 Å². The number of rotatable bonds is 3. The fourth-order valence-corrected chi connectivity index (χ4v) is 1.49. The highest BCUT2D eigenvalue weighted by Gasteiger charge is 2.12. The van der Waals surface area contributed by atoms with Gasteiger partial charge < -0.3 is 0 Å². The van der Waals surface area contributed by atoms with Gasteiger partial charge in [0.1, 0.15) is 0 Å². The van der Waals surface area contributed by atoms with Gasteiger partial charge in [0.15, 0.2) is 0 Å². The van der Waals surface area contributed by atoms with Crippen molar-refractivity contribution in [3.8, 4) is 0 Å². The summed E-state index contributed by atoms with van der Waals surface area (Å²) in [7, 11) is 1.31. The Bertz CT molecular complexity index is 346. The average Bonchev–Trinajstić information content (AvgIpc) is 2.16. The topological polar surface area (TPSA) is 35.5 Å². The van der Waals surface area contributed by atoms with E-state index < -0.39 is 5.97 Å². The summed E-state index contributed by atoms with van der Waals surface area (Å²) >= 11 is 0. The normalized spacial score (nSPS) is 11.2. The zero-order valence-corrected chi connectivity index (χ0v) is 10.2. The van der Waals surface area contributed by atoms with Crippen molar-refractivity contribution in [1.29, 1.82) is 0 Å². The molecule has 0 aliphatic heterocycles. The maximum atomic E-state index is 11.3. The Morgan fingerprint density at radius 1 is 1.19 bits per heavy atom. The molecule has 0 amide bonds. The van der Waals surface area contributed by atoms with Crippen molar-refractivity contribution < 1.29 is 14.6 Å². The van der Waals surface area contributed by atoms with Crippen LogP contribution < -0.4 is 0 Å². The van der Waals surface area contributed by atoms with Crippen LogP contribution in [0.3, 0.4) is 0 Å². The number of carbonyl (C=O) groups excluding carboxylic acids is 1. The van der Waals surface area contributed by atoms with Crippen LogP contribution in [0.25, 0.3) is 0 Å². The molecular formula is C13H18O3. The van der Waals surface area contributed by atoms with E-state index in [9.17, 15) is 4.79 Å². The molecule has 0 aromatic heterocycles. The number of hydrogen-bond acceptors (Lipinski definition) is 3. The molecule has 0 bridgehead atoms. The first-order valence-corrected chi connectivity index (χ1v) is 5.26. The van der Waals surface area contributed by atoms with Crippen LogP contribution in [0.2, 0.25) is 0 Å². The van der Waals surface area contributed by atoms with Gasteiger partial charge >= 0.3 is 5.97 Å². The van der Waals surface area contributed by atoms with Gasteiger partial charge in [-0.3, -0.25) is 4.89 Å². The molecule has 0 spiro atoms. The minimum Gasteiger partial charge on any atom is -0.293 e. The van der Waals surface area contributed by atoms with E-state index in [1.54, 1.807) is 12.1 Å². The first kappa shape index (κ1) is 12.7. The zero-order valence-electron chi connectivity index (χ0n) is 10.2. The molecule has 0 radical (unpaired) electrons. The third-order valence-corrected chi connectivity index (χ3v) is 2.08. The van der Waals surface area contributed by atoms with E-state index in [0.29, 0.717) is 5.56 Å². The average molecular weight is 222 g/mol. The van der Waals surface area contributed by atoms with Gasteiger partial charge in [-0.05, 0) is 29.5 Å². The van der Waals surface area contributed by atoms with E-state index in [0.717, 1.165) is 6.42 Å². The van der Waals surface area contributed by atoms with Gasteiger partial charge in [-0.2, -0.15) is 4.89 Å². The maximum Gasteiger partial charge on any atom is 0.373 e. The summed E-state index contributed by atoms with van der Waals surface area (Å²) in [6, 6.07) is 7.39. The van der Waals surface area contributed by atoms with E-state index in [1.165, 1.54) is 12.7 Å². The van der Waals surface area contributed by atoms with Crippen molar-refractivity contribution in [1.82, 2.24) is 0 Å². The Labute approximate surface area is 96.3 Å². The lowest BCUT2D eigenvalue weighted by atomic mass is 9.88. The molecule has 0 N–H and O–H groups in total. The van der Waals surface area contributed by atoms with E-state index in [4.69, 9.17) is 0 Å². The molecule has 0 heterocycles. The van der Waals surface area contributed by atoms with Crippen molar-refractivity contribution in [2.45, 2.75) is 27.2 Å². The molecule has 1 aromatic carbocycles. The Balaban J connectivity index is 2.72. The smallest absolute Gasteiger partial charge is 0.293 e. The van der Waals surface area contributed by atoms with Crippen LogP contribution in [0.15, 0.2) is 24.3 Å². The van der Waals surface area contributed by atoms with E-state index >= 15 is 0 Å². The van der Waals surface area contributed by atoms with Crippen LogP contribution in [-0.2, 0) is 16.2 Å². The maximum absolute atomic E-state index is 11.3. The van der Waals surface area contributed by atoms with Crippen molar-refractivity contribution in [3.05, 3.63) is 35.4 Å². The quantitative estimate of drug-likeness (QED) is 0.582. The molecule has 0 aliphatic carbocycles. The molecule has 1 aromatic rings.